The third-order valence-corrected chi connectivity index (χ3v) is 9.90. The van der Waals surface area contributed by atoms with Gasteiger partial charge in [0.1, 0.15) is 6.04 Å². The summed E-state index contributed by atoms with van der Waals surface area (Å²) in [5.41, 5.74) is 2.42. The van der Waals surface area contributed by atoms with E-state index in [1.807, 2.05) is 30.9 Å². The van der Waals surface area contributed by atoms with Gasteiger partial charge in [0.05, 0.1) is 38.7 Å². The number of fused-ring (bicyclic) bond motifs is 4. The van der Waals surface area contributed by atoms with Crippen molar-refractivity contribution in [3.63, 3.8) is 0 Å². The van der Waals surface area contributed by atoms with Crippen molar-refractivity contribution in [1.82, 2.24) is 10.2 Å². The Labute approximate surface area is 265 Å². The van der Waals surface area contributed by atoms with Crippen LogP contribution in [-0.2, 0) is 16.0 Å². The van der Waals surface area contributed by atoms with Gasteiger partial charge in [0, 0.05) is 31.5 Å². The van der Waals surface area contributed by atoms with Crippen LogP contribution in [0.5, 0.6) is 17.2 Å². The number of methoxy groups -OCH3 is 3. The number of carbonyl (C=O) groups is 2. The second-order valence-electron chi connectivity index (χ2n) is 13.0. The van der Waals surface area contributed by atoms with Crippen molar-refractivity contribution in [2.45, 2.75) is 83.4 Å². The summed E-state index contributed by atoms with van der Waals surface area (Å²) in [7, 11) is 4.69. The fourth-order valence-corrected chi connectivity index (χ4v) is 7.48. The van der Waals surface area contributed by atoms with Crippen LogP contribution in [0.1, 0.15) is 76.5 Å². The van der Waals surface area contributed by atoms with Crippen molar-refractivity contribution >= 4 is 17.5 Å². The topological polar surface area (TPSA) is 126 Å². The van der Waals surface area contributed by atoms with Gasteiger partial charge >= 0.3 is 0 Å². The number of carbonyl (C=O) groups excluding carboxylic acids is 2. The molecule has 0 aromatic heterocycles. The van der Waals surface area contributed by atoms with Gasteiger partial charge in [-0.05, 0) is 72.9 Å². The van der Waals surface area contributed by atoms with Crippen LogP contribution >= 0.6 is 0 Å². The molecule has 1 saturated carbocycles. The van der Waals surface area contributed by atoms with Gasteiger partial charge in [-0.1, -0.05) is 32.8 Å². The minimum atomic E-state index is -0.683. The monoisotopic (exact) mass is 621 g/mol. The first-order chi connectivity index (χ1) is 21.5. The van der Waals surface area contributed by atoms with Gasteiger partial charge in [0.25, 0.3) is 0 Å². The van der Waals surface area contributed by atoms with Crippen molar-refractivity contribution in [2.24, 2.45) is 11.8 Å². The lowest BCUT2D eigenvalue weighted by Crippen LogP contribution is -2.57. The van der Waals surface area contributed by atoms with E-state index in [2.05, 4.69) is 10.6 Å². The van der Waals surface area contributed by atoms with E-state index in [-0.39, 0.29) is 29.1 Å². The summed E-state index contributed by atoms with van der Waals surface area (Å²) < 4.78 is 17.2. The molecular formula is C35H47N3O7. The molecule has 2 aromatic carbocycles. The highest BCUT2D eigenvalue weighted by Gasteiger charge is 2.45. The summed E-state index contributed by atoms with van der Waals surface area (Å²) in [5, 5.41) is 17.5. The summed E-state index contributed by atoms with van der Waals surface area (Å²) in [5.74, 6) is 1.16. The molecule has 2 aromatic rings. The largest absolute Gasteiger partial charge is 0.493 e. The summed E-state index contributed by atoms with van der Waals surface area (Å²) in [6.07, 6.45) is 5.54. The molecule has 2 fully saturated rings. The minimum absolute atomic E-state index is 0.0648. The summed E-state index contributed by atoms with van der Waals surface area (Å²) in [6.45, 7) is 6.42. The number of ether oxygens (including phenoxy) is 3. The molecule has 2 amide bonds. The van der Waals surface area contributed by atoms with Crippen LogP contribution in [0.15, 0.2) is 29.1 Å². The molecule has 0 radical (unpaired) electrons. The average molecular weight is 622 g/mol. The lowest BCUT2D eigenvalue weighted by molar-refractivity contribution is -0.145. The molecule has 0 bridgehead atoms. The Kier molecular flexibility index (Phi) is 9.63. The van der Waals surface area contributed by atoms with Crippen molar-refractivity contribution in [1.29, 1.82) is 0 Å². The number of rotatable bonds is 8. The lowest BCUT2D eigenvalue weighted by atomic mass is 9.71. The molecule has 10 heteroatoms. The Hall–Kier alpha value is -3.79. The molecule has 5 rings (SSSR count). The number of hydrogen-bond acceptors (Lipinski definition) is 8. The number of hydrogen-bond donors (Lipinski definition) is 3. The quantitative estimate of drug-likeness (QED) is 0.395. The first kappa shape index (κ1) is 32.6. The Bertz CT molecular complexity index is 1510. The standard InChI is InChI=1S/C35H47N3O7/c1-20(2)31(34(41)38-16-15-35(42)14-8-7-9-23(35)19-38)37-27-13-11-24-25(18-28(27)40)26(36-21(3)39)12-10-22-17-29(43-4)32(44-5)33(45-6)30(22)24/h11,13,17-18,20,23,26,31,42H,7-10,12,14-16,19H2,1-6H3,(H,36,39)(H,37,40). The van der Waals surface area contributed by atoms with E-state index in [9.17, 15) is 19.5 Å². The van der Waals surface area contributed by atoms with E-state index in [1.165, 1.54) is 6.92 Å². The molecule has 244 valence electrons. The zero-order valence-corrected chi connectivity index (χ0v) is 27.3. The molecule has 1 aliphatic heterocycles. The highest BCUT2D eigenvalue weighted by atomic mass is 16.5. The van der Waals surface area contributed by atoms with Gasteiger partial charge in [-0.2, -0.15) is 0 Å². The summed E-state index contributed by atoms with van der Waals surface area (Å²) in [4.78, 5) is 42.0. The van der Waals surface area contributed by atoms with Gasteiger partial charge in [-0.25, -0.2) is 0 Å². The highest BCUT2D eigenvalue weighted by Crippen LogP contribution is 2.50. The van der Waals surface area contributed by atoms with Gasteiger partial charge in [-0.3, -0.25) is 14.4 Å². The molecule has 4 unspecified atom stereocenters. The number of piperidine rings is 1. The summed E-state index contributed by atoms with van der Waals surface area (Å²) >= 11 is 0. The fraction of sp³-hybridized carbons (Fsp3) is 0.571. The molecule has 45 heavy (non-hydrogen) atoms. The first-order valence-electron chi connectivity index (χ1n) is 16.1. The number of likely N-dealkylation sites (tertiary alicyclic amines) is 1. The zero-order chi connectivity index (χ0) is 32.5. The van der Waals surface area contributed by atoms with Gasteiger partial charge < -0.3 is 34.9 Å². The van der Waals surface area contributed by atoms with Crippen LogP contribution in [0.4, 0.5) is 5.69 Å². The van der Waals surface area contributed by atoms with Gasteiger partial charge in [-0.15, -0.1) is 0 Å². The van der Waals surface area contributed by atoms with Crippen molar-refractivity contribution < 1.29 is 28.9 Å². The van der Waals surface area contributed by atoms with E-state index >= 15 is 0 Å². The van der Waals surface area contributed by atoms with E-state index in [1.54, 1.807) is 33.5 Å². The van der Waals surface area contributed by atoms with Crippen molar-refractivity contribution in [3.05, 3.63) is 45.6 Å². The van der Waals surface area contributed by atoms with Gasteiger partial charge in [0.15, 0.2) is 11.5 Å². The number of benzene rings is 1. The number of anilines is 1. The van der Waals surface area contributed by atoms with Crippen LogP contribution in [0, 0.1) is 11.8 Å². The lowest BCUT2D eigenvalue weighted by Gasteiger charge is -2.48. The van der Waals surface area contributed by atoms with Crippen LogP contribution < -0.4 is 30.3 Å². The SMILES string of the molecule is COc1cc2c(c(OC)c1OC)-c1ccc(NC(C(=O)N3CCC4(O)CCCCC4C3)C(C)C)c(=O)cc1C(NC(C)=O)CC2. The second-order valence-corrected chi connectivity index (χ2v) is 13.0. The molecule has 0 spiro atoms. The molecule has 3 aliphatic rings. The minimum Gasteiger partial charge on any atom is -0.493 e. The molecular weight excluding hydrogens is 574 g/mol. The molecule has 1 saturated heterocycles. The smallest absolute Gasteiger partial charge is 0.245 e. The molecule has 4 atom stereocenters. The van der Waals surface area contributed by atoms with Crippen LogP contribution in [0.3, 0.4) is 0 Å². The number of nitrogens with one attached hydrogen (secondary N) is 2. The van der Waals surface area contributed by atoms with Gasteiger partial charge in [0.2, 0.25) is 23.0 Å². The third-order valence-electron chi connectivity index (χ3n) is 9.90. The Morgan fingerprint density at radius 3 is 2.44 bits per heavy atom. The van der Waals surface area contributed by atoms with E-state index < -0.39 is 17.7 Å². The van der Waals surface area contributed by atoms with E-state index in [0.29, 0.717) is 60.9 Å². The molecule has 3 N–H and O–H groups in total. The first-order valence-corrected chi connectivity index (χ1v) is 16.1. The summed E-state index contributed by atoms with van der Waals surface area (Å²) in [6, 6.07) is 6.00. The van der Waals surface area contributed by atoms with Crippen molar-refractivity contribution in [2.75, 3.05) is 39.7 Å². The van der Waals surface area contributed by atoms with Crippen molar-refractivity contribution in [3.8, 4) is 28.4 Å². The number of aryl methyl sites for hydroxylation is 1. The molecule has 2 aliphatic carbocycles. The maximum absolute atomic E-state index is 14.0. The number of amides is 2. The Morgan fingerprint density at radius 2 is 1.78 bits per heavy atom. The zero-order valence-electron chi connectivity index (χ0n) is 27.3. The Morgan fingerprint density at radius 1 is 1.02 bits per heavy atom. The van der Waals surface area contributed by atoms with E-state index in [0.717, 1.165) is 42.4 Å². The maximum atomic E-state index is 14.0. The average Bonchev–Trinajstić information content (AvgIpc) is 3.25. The predicted molar refractivity (Wildman–Crippen MR) is 173 cm³/mol. The number of nitrogens with zero attached hydrogens (tertiary/aromatic N) is 1. The Balaban J connectivity index is 1.56. The highest BCUT2D eigenvalue weighted by molar-refractivity contribution is 5.86. The third kappa shape index (κ3) is 6.34. The van der Waals surface area contributed by atoms with Crippen LogP contribution in [0.2, 0.25) is 0 Å². The molecule has 10 nitrogen and oxygen atoms in total. The normalized spacial score (nSPS) is 23.1. The van der Waals surface area contributed by atoms with E-state index in [4.69, 9.17) is 14.2 Å². The maximum Gasteiger partial charge on any atom is 0.245 e. The predicted octanol–water partition coefficient (Wildman–Crippen LogP) is 4.45. The number of aliphatic hydroxyl groups is 1. The second kappa shape index (κ2) is 13.3. The fourth-order valence-electron chi connectivity index (χ4n) is 7.48. The van der Waals surface area contributed by atoms with Crippen LogP contribution in [-0.4, -0.2) is 67.9 Å². The van der Waals surface area contributed by atoms with Crippen LogP contribution in [0.25, 0.3) is 11.1 Å². The molecule has 1 heterocycles.